The number of fused-ring (bicyclic) bond motifs is 2. The number of hydrogen-bond acceptors (Lipinski definition) is 7. The van der Waals surface area contributed by atoms with Gasteiger partial charge in [0.15, 0.2) is 11.4 Å². The SMILES string of the molecule is c1nc2ccc(-c3c[nH]c4nc(NC5CCC6(CC5)OCCO6)ncc34)cn2n1. The van der Waals surface area contributed by atoms with Crippen LogP contribution < -0.4 is 5.32 Å². The molecule has 0 aromatic carbocycles. The number of aromatic amines is 1. The Bertz CT molecular complexity index is 1170. The lowest BCUT2D eigenvalue weighted by Gasteiger charge is -2.35. The summed E-state index contributed by atoms with van der Waals surface area (Å²) in [5.41, 5.74) is 3.71. The lowest BCUT2D eigenvalue weighted by molar-refractivity contribution is -0.177. The molecule has 0 radical (unpaired) electrons. The van der Waals surface area contributed by atoms with Gasteiger partial charge in [0.25, 0.3) is 0 Å². The maximum Gasteiger partial charge on any atom is 0.224 e. The van der Waals surface area contributed by atoms with Crippen LogP contribution in [-0.4, -0.2) is 54.6 Å². The van der Waals surface area contributed by atoms with Gasteiger partial charge in [0.2, 0.25) is 5.95 Å². The highest BCUT2D eigenvalue weighted by molar-refractivity contribution is 5.93. The Morgan fingerprint density at radius 3 is 2.86 bits per heavy atom. The Morgan fingerprint density at radius 1 is 1.14 bits per heavy atom. The molecule has 0 bridgehead atoms. The van der Waals surface area contributed by atoms with Crippen LogP contribution in [0.4, 0.5) is 5.95 Å². The second kappa shape index (κ2) is 6.50. The van der Waals surface area contributed by atoms with Crippen LogP contribution in [0.3, 0.4) is 0 Å². The number of hydrogen-bond donors (Lipinski definition) is 2. The molecule has 0 atom stereocenters. The quantitative estimate of drug-likeness (QED) is 0.554. The molecule has 2 N–H and O–H groups in total. The summed E-state index contributed by atoms with van der Waals surface area (Å²) in [7, 11) is 0. The van der Waals surface area contributed by atoms with E-state index >= 15 is 0 Å². The van der Waals surface area contributed by atoms with Crippen molar-refractivity contribution in [3.63, 3.8) is 0 Å². The zero-order chi connectivity index (χ0) is 19.3. The fraction of sp³-hybridized carbons (Fsp3) is 0.400. The molecule has 2 aliphatic rings. The summed E-state index contributed by atoms with van der Waals surface area (Å²) >= 11 is 0. The van der Waals surface area contributed by atoms with Crippen molar-refractivity contribution in [3.05, 3.63) is 37.1 Å². The van der Waals surface area contributed by atoms with Gasteiger partial charge in [-0.3, -0.25) is 0 Å². The molecule has 5 heterocycles. The summed E-state index contributed by atoms with van der Waals surface area (Å²) in [6.07, 6.45) is 11.1. The van der Waals surface area contributed by atoms with E-state index in [1.165, 1.54) is 0 Å². The average molecular weight is 391 g/mol. The van der Waals surface area contributed by atoms with E-state index in [0.717, 1.165) is 53.5 Å². The van der Waals surface area contributed by atoms with Crippen LogP contribution in [0, 0.1) is 0 Å². The first-order chi connectivity index (χ1) is 14.3. The molecule has 148 valence electrons. The van der Waals surface area contributed by atoms with Crippen LogP contribution in [0.2, 0.25) is 0 Å². The zero-order valence-electron chi connectivity index (χ0n) is 15.8. The van der Waals surface area contributed by atoms with E-state index in [0.29, 0.717) is 25.2 Å². The fourth-order valence-corrected chi connectivity index (χ4v) is 4.36. The van der Waals surface area contributed by atoms with Crippen LogP contribution in [0.15, 0.2) is 37.1 Å². The van der Waals surface area contributed by atoms with Gasteiger partial charge in [-0.1, -0.05) is 0 Å². The van der Waals surface area contributed by atoms with Gasteiger partial charge in [0.1, 0.15) is 12.0 Å². The molecule has 1 aliphatic heterocycles. The number of nitrogens with zero attached hydrogens (tertiary/aromatic N) is 5. The first-order valence-corrected chi connectivity index (χ1v) is 9.96. The maximum absolute atomic E-state index is 5.81. The van der Waals surface area contributed by atoms with Gasteiger partial charge in [-0.2, -0.15) is 10.1 Å². The summed E-state index contributed by atoms with van der Waals surface area (Å²) in [5.74, 6) is 0.301. The minimum atomic E-state index is -0.345. The Kier molecular flexibility index (Phi) is 3.78. The fourth-order valence-electron chi connectivity index (χ4n) is 4.36. The third-order valence-corrected chi connectivity index (χ3v) is 5.91. The molecule has 0 amide bonds. The molecule has 4 aromatic heterocycles. The molecular weight excluding hydrogens is 370 g/mol. The van der Waals surface area contributed by atoms with Crippen LogP contribution in [0.25, 0.3) is 27.8 Å². The second-order valence-electron chi connectivity index (χ2n) is 7.67. The van der Waals surface area contributed by atoms with E-state index in [9.17, 15) is 0 Å². The van der Waals surface area contributed by atoms with E-state index in [4.69, 9.17) is 9.47 Å². The summed E-state index contributed by atoms with van der Waals surface area (Å²) in [4.78, 5) is 16.7. The van der Waals surface area contributed by atoms with Gasteiger partial charge in [0.05, 0.1) is 13.2 Å². The van der Waals surface area contributed by atoms with Gasteiger partial charge in [-0.15, -0.1) is 0 Å². The van der Waals surface area contributed by atoms with Crippen molar-refractivity contribution in [2.75, 3.05) is 18.5 Å². The topological polar surface area (TPSA) is 102 Å². The van der Waals surface area contributed by atoms with Crippen LogP contribution in [-0.2, 0) is 9.47 Å². The van der Waals surface area contributed by atoms with Crippen LogP contribution in [0.5, 0.6) is 0 Å². The number of ether oxygens (including phenoxy) is 2. The number of pyridine rings is 1. The van der Waals surface area contributed by atoms with E-state index in [1.54, 1.807) is 10.8 Å². The maximum atomic E-state index is 5.81. The van der Waals surface area contributed by atoms with Crippen LogP contribution in [0.1, 0.15) is 25.7 Å². The molecule has 1 saturated carbocycles. The number of H-pyrrole nitrogens is 1. The summed E-state index contributed by atoms with van der Waals surface area (Å²) in [5, 5.41) is 8.66. The highest BCUT2D eigenvalue weighted by atomic mass is 16.7. The highest BCUT2D eigenvalue weighted by Crippen LogP contribution is 2.36. The molecule has 29 heavy (non-hydrogen) atoms. The standard InChI is InChI=1S/C20H21N7O2/c1-2-17-23-12-24-27(17)11-13(1)15-9-21-18-16(15)10-22-19(26-18)25-14-3-5-20(6-4-14)28-7-8-29-20/h1-2,9-12,14H,3-8H2,(H2,21,22,25,26). The van der Waals surface area contributed by atoms with E-state index in [2.05, 4.69) is 30.4 Å². The van der Waals surface area contributed by atoms with Gasteiger partial charge in [-0.05, 0) is 25.0 Å². The average Bonchev–Trinajstić information content (AvgIpc) is 3.49. The molecule has 1 saturated heterocycles. The molecule has 6 rings (SSSR count). The van der Waals surface area contributed by atoms with Gasteiger partial charge in [0, 0.05) is 54.0 Å². The summed E-state index contributed by atoms with van der Waals surface area (Å²) in [6, 6.07) is 4.31. The molecule has 9 nitrogen and oxygen atoms in total. The van der Waals surface area contributed by atoms with E-state index < -0.39 is 0 Å². The van der Waals surface area contributed by atoms with Crippen molar-refractivity contribution in [1.29, 1.82) is 0 Å². The Labute approximate surface area is 166 Å². The molecule has 9 heteroatoms. The summed E-state index contributed by atoms with van der Waals surface area (Å²) in [6.45, 7) is 1.41. The number of nitrogens with one attached hydrogen (secondary N) is 2. The lowest BCUT2D eigenvalue weighted by Crippen LogP contribution is -2.39. The molecule has 0 unspecified atom stereocenters. The van der Waals surface area contributed by atoms with Gasteiger partial charge < -0.3 is 19.8 Å². The minimum absolute atomic E-state index is 0.329. The van der Waals surface area contributed by atoms with Crippen molar-refractivity contribution in [1.82, 2.24) is 29.5 Å². The number of aromatic nitrogens is 6. The predicted molar refractivity (Wildman–Crippen MR) is 106 cm³/mol. The van der Waals surface area contributed by atoms with Crippen molar-refractivity contribution >= 4 is 22.6 Å². The number of rotatable bonds is 3. The predicted octanol–water partition coefficient (Wildman–Crippen LogP) is 2.77. The third kappa shape index (κ3) is 2.93. The van der Waals surface area contributed by atoms with Crippen molar-refractivity contribution < 1.29 is 9.47 Å². The molecule has 1 spiro atoms. The normalized spacial score (nSPS) is 19.4. The van der Waals surface area contributed by atoms with Gasteiger partial charge in [-0.25, -0.2) is 14.5 Å². The Balaban J connectivity index is 1.22. The molecular formula is C20H21N7O2. The Hall–Kier alpha value is -3.04. The minimum Gasteiger partial charge on any atom is -0.351 e. The van der Waals surface area contributed by atoms with E-state index in [1.807, 2.05) is 30.7 Å². The van der Waals surface area contributed by atoms with Crippen molar-refractivity contribution in [2.24, 2.45) is 0 Å². The van der Waals surface area contributed by atoms with Gasteiger partial charge >= 0.3 is 0 Å². The van der Waals surface area contributed by atoms with E-state index in [-0.39, 0.29) is 5.79 Å². The molecule has 1 aliphatic carbocycles. The Morgan fingerprint density at radius 2 is 2.00 bits per heavy atom. The molecule has 2 fully saturated rings. The second-order valence-corrected chi connectivity index (χ2v) is 7.67. The molecule has 4 aromatic rings. The van der Waals surface area contributed by atoms with Crippen molar-refractivity contribution in [2.45, 2.75) is 37.5 Å². The van der Waals surface area contributed by atoms with Crippen molar-refractivity contribution in [3.8, 4) is 11.1 Å². The zero-order valence-corrected chi connectivity index (χ0v) is 15.8. The third-order valence-electron chi connectivity index (χ3n) is 5.91. The summed E-state index contributed by atoms with van der Waals surface area (Å²) < 4.78 is 13.4. The number of anilines is 1. The lowest BCUT2D eigenvalue weighted by atomic mass is 9.90. The largest absolute Gasteiger partial charge is 0.351 e. The smallest absolute Gasteiger partial charge is 0.224 e. The first-order valence-electron chi connectivity index (χ1n) is 9.96. The monoisotopic (exact) mass is 391 g/mol. The first kappa shape index (κ1) is 16.9. The highest BCUT2D eigenvalue weighted by Gasteiger charge is 2.40. The van der Waals surface area contributed by atoms with Crippen LogP contribution >= 0.6 is 0 Å².